The van der Waals surface area contributed by atoms with Gasteiger partial charge in [0.05, 0.1) is 7.11 Å². The van der Waals surface area contributed by atoms with Crippen molar-refractivity contribution in [3.05, 3.63) is 59.7 Å². The van der Waals surface area contributed by atoms with Gasteiger partial charge in [-0.05, 0) is 49.1 Å². The van der Waals surface area contributed by atoms with E-state index in [2.05, 4.69) is 5.32 Å². The van der Waals surface area contributed by atoms with Crippen molar-refractivity contribution in [2.75, 3.05) is 20.3 Å². The van der Waals surface area contributed by atoms with Crippen molar-refractivity contribution in [1.82, 2.24) is 10.2 Å². The highest BCUT2D eigenvalue weighted by Gasteiger charge is 2.29. The van der Waals surface area contributed by atoms with Crippen molar-refractivity contribution in [2.24, 2.45) is 5.92 Å². The molecule has 0 fully saturated rings. The van der Waals surface area contributed by atoms with Gasteiger partial charge < -0.3 is 19.7 Å². The fourth-order valence-electron chi connectivity index (χ4n) is 3.13. The predicted molar refractivity (Wildman–Crippen MR) is 122 cm³/mol. The zero-order chi connectivity index (χ0) is 22.8. The molecule has 2 rings (SSSR count). The van der Waals surface area contributed by atoms with E-state index in [1.54, 1.807) is 12.0 Å². The van der Waals surface area contributed by atoms with Crippen LogP contribution in [0, 0.1) is 12.8 Å². The Morgan fingerprint density at radius 1 is 1.00 bits per heavy atom. The first-order chi connectivity index (χ1) is 14.8. The van der Waals surface area contributed by atoms with Gasteiger partial charge in [0, 0.05) is 13.1 Å². The summed E-state index contributed by atoms with van der Waals surface area (Å²) in [6, 6.07) is 14.5. The summed E-state index contributed by atoms with van der Waals surface area (Å²) in [6.45, 7) is 8.73. The molecule has 0 heterocycles. The molecule has 0 saturated heterocycles. The molecule has 0 aliphatic carbocycles. The van der Waals surface area contributed by atoms with Crippen LogP contribution in [0.15, 0.2) is 48.5 Å². The standard InChI is InChI=1S/C25H34N2O4/c1-6-23(25(29)26-15-18(2)3)27(16-20-9-13-21(30-5)14-10-20)24(28)17-31-22-11-7-19(4)8-12-22/h7-14,18,23H,6,15-17H2,1-5H3,(H,26,29)/t23-/m0/s1. The van der Waals surface area contributed by atoms with Crippen LogP contribution in [-0.2, 0) is 16.1 Å². The molecular weight excluding hydrogens is 392 g/mol. The molecule has 0 saturated carbocycles. The molecule has 0 radical (unpaired) electrons. The second-order valence-electron chi connectivity index (χ2n) is 8.03. The first kappa shape index (κ1) is 24.3. The summed E-state index contributed by atoms with van der Waals surface area (Å²) in [5.74, 6) is 1.32. The highest BCUT2D eigenvalue weighted by Crippen LogP contribution is 2.17. The molecule has 168 valence electrons. The zero-order valence-corrected chi connectivity index (χ0v) is 19.2. The van der Waals surface area contributed by atoms with Crippen molar-refractivity contribution >= 4 is 11.8 Å². The third kappa shape index (κ3) is 7.63. The maximum Gasteiger partial charge on any atom is 0.261 e. The molecule has 31 heavy (non-hydrogen) atoms. The summed E-state index contributed by atoms with van der Waals surface area (Å²) >= 11 is 0. The highest BCUT2D eigenvalue weighted by molar-refractivity contribution is 5.88. The molecular formula is C25H34N2O4. The number of methoxy groups -OCH3 is 1. The van der Waals surface area contributed by atoms with Crippen molar-refractivity contribution in [3.63, 3.8) is 0 Å². The molecule has 1 N–H and O–H groups in total. The van der Waals surface area contributed by atoms with Gasteiger partial charge in [0.2, 0.25) is 5.91 Å². The van der Waals surface area contributed by atoms with Gasteiger partial charge >= 0.3 is 0 Å². The Kier molecular flexibility index (Phi) is 9.38. The minimum Gasteiger partial charge on any atom is -0.497 e. The normalized spacial score (nSPS) is 11.7. The van der Waals surface area contributed by atoms with Crippen LogP contribution in [0.3, 0.4) is 0 Å². The van der Waals surface area contributed by atoms with Gasteiger partial charge in [-0.25, -0.2) is 0 Å². The van der Waals surface area contributed by atoms with Crippen LogP contribution in [0.1, 0.15) is 38.3 Å². The van der Waals surface area contributed by atoms with Crippen molar-refractivity contribution in [3.8, 4) is 11.5 Å². The zero-order valence-electron chi connectivity index (χ0n) is 19.2. The summed E-state index contributed by atoms with van der Waals surface area (Å²) in [5.41, 5.74) is 2.03. The number of hydrogen-bond donors (Lipinski definition) is 1. The summed E-state index contributed by atoms with van der Waals surface area (Å²) in [7, 11) is 1.61. The van der Waals surface area contributed by atoms with E-state index in [-0.39, 0.29) is 18.4 Å². The first-order valence-corrected chi connectivity index (χ1v) is 10.7. The third-order valence-electron chi connectivity index (χ3n) is 4.97. The number of benzene rings is 2. The van der Waals surface area contributed by atoms with Crippen LogP contribution in [0.4, 0.5) is 0 Å². The Morgan fingerprint density at radius 3 is 2.16 bits per heavy atom. The molecule has 0 aliphatic rings. The molecule has 6 nitrogen and oxygen atoms in total. The van der Waals surface area contributed by atoms with Gasteiger partial charge in [-0.15, -0.1) is 0 Å². The average molecular weight is 427 g/mol. The average Bonchev–Trinajstić information content (AvgIpc) is 2.77. The SMILES string of the molecule is CC[C@@H](C(=O)NCC(C)C)N(Cc1ccc(OC)cc1)C(=O)COc1ccc(C)cc1. The largest absolute Gasteiger partial charge is 0.497 e. The van der Waals surface area contributed by atoms with Crippen LogP contribution in [0.25, 0.3) is 0 Å². The van der Waals surface area contributed by atoms with E-state index >= 15 is 0 Å². The maximum atomic E-state index is 13.2. The Balaban J connectivity index is 2.18. The predicted octanol–water partition coefficient (Wildman–Crippen LogP) is 3.96. The molecule has 0 spiro atoms. The van der Waals surface area contributed by atoms with E-state index in [4.69, 9.17) is 9.47 Å². The number of ether oxygens (including phenoxy) is 2. The van der Waals surface area contributed by atoms with Crippen LogP contribution < -0.4 is 14.8 Å². The van der Waals surface area contributed by atoms with Crippen LogP contribution in [0.2, 0.25) is 0 Å². The molecule has 0 bridgehead atoms. The highest BCUT2D eigenvalue weighted by atomic mass is 16.5. The number of carbonyl (C=O) groups excluding carboxylic acids is 2. The van der Waals surface area contributed by atoms with Gasteiger partial charge in [0.15, 0.2) is 6.61 Å². The second-order valence-corrected chi connectivity index (χ2v) is 8.03. The molecule has 2 amide bonds. The minimum atomic E-state index is -0.574. The van der Waals surface area contributed by atoms with E-state index in [9.17, 15) is 9.59 Å². The van der Waals surface area contributed by atoms with Gasteiger partial charge in [0.1, 0.15) is 17.5 Å². The van der Waals surface area contributed by atoms with Crippen molar-refractivity contribution < 1.29 is 19.1 Å². The number of aryl methyl sites for hydroxylation is 1. The smallest absolute Gasteiger partial charge is 0.261 e. The summed E-state index contributed by atoms with van der Waals surface area (Å²) < 4.78 is 10.9. The molecule has 6 heteroatoms. The fourth-order valence-corrected chi connectivity index (χ4v) is 3.13. The summed E-state index contributed by atoms with van der Waals surface area (Å²) in [6.07, 6.45) is 0.510. The lowest BCUT2D eigenvalue weighted by Gasteiger charge is -2.31. The first-order valence-electron chi connectivity index (χ1n) is 10.7. The van der Waals surface area contributed by atoms with Gasteiger partial charge in [0.25, 0.3) is 5.91 Å². The molecule has 1 atom stereocenters. The van der Waals surface area contributed by atoms with Crippen molar-refractivity contribution in [2.45, 2.75) is 46.7 Å². The quantitative estimate of drug-likeness (QED) is 0.591. The number of nitrogens with zero attached hydrogens (tertiary/aromatic N) is 1. The van der Waals surface area contributed by atoms with Crippen LogP contribution >= 0.6 is 0 Å². The topological polar surface area (TPSA) is 67.9 Å². The molecule has 0 aromatic heterocycles. The molecule has 0 unspecified atom stereocenters. The molecule has 0 aliphatic heterocycles. The lowest BCUT2D eigenvalue weighted by Crippen LogP contribution is -2.50. The Morgan fingerprint density at radius 2 is 1.61 bits per heavy atom. The van der Waals surface area contributed by atoms with E-state index in [0.29, 0.717) is 31.2 Å². The van der Waals surface area contributed by atoms with E-state index in [1.165, 1.54) is 0 Å². The number of carbonyl (C=O) groups is 2. The van der Waals surface area contributed by atoms with Gasteiger partial charge in [-0.1, -0.05) is 50.6 Å². The van der Waals surface area contributed by atoms with E-state index in [0.717, 1.165) is 16.9 Å². The van der Waals surface area contributed by atoms with E-state index in [1.807, 2.05) is 76.2 Å². The number of rotatable bonds is 11. The number of nitrogens with one attached hydrogen (secondary N) is 1. The lowest BCUT2D eigenvalue weighted by atomic mass is 10.1. The molecule has 2 aromatic rings. The van der Waals surface area contributed by atoms with Crippen molar-refractivity contribution in [1.29, 1.82) is 0 Å². The third-order valence-corrected chi connectivity index (χ3v) is 4.97. The number of amides is 2. The van der Waals surface area contributed by atoms with Crippen LogP contribution in [0.5, 0.6) is 11.5 Å². The minimum absolute atomic E-state index is 0.132. The summed E-state index contributed by atoms with van der Waals surface area (Å²) in [5, 5.41) is 2.96. The second kappa shape index (κ2) is 12.0. The Bertz CT molecular complexity index is 832. The maximum absolute atomic E-state index is 13.2. The Labute approximate surface area is 185 Å². The monoisotopic (exact) mass is 426 g/mol. The van der Waals surface area contributed by atoms with Crippen LogP contribution in [-0.4, -0.2) is 43.0 Å². The number of hydrogen-bond acceptors (Lipinski definition) is 4. The van der Waals surface area contributed by atoms with Gasteiger partial charge in [-0.3, -0.25) is 9.59 Å². The Hall–Kier alpha value is -3.02. The lowest BCUT2D eigenvalue weighted by molar-refractivity contribution is -0.143. The summed E-state index contributed by atoms with van der Waals surface area (Å²) in [4.78, 5) is 27.6. The fraction of sp³-hybridized carbons (Fsp3) is 0.440. The van der Waals surface area contributed by atoms with E-state index < -0.39 is 6.04 Å². The molecule has 2 aromatic carbocycles. The van der Waals surface area contributed by atoms with Gasteiger partial charge in [-0.2, -0.15) is 0 Å².